The van der Waals surface area contributed by atoms with Crippen molar-refractivity contribution >= 4 is 10.8 Å². The predicted molar refractivity (Wildman–Crippen MR) is 98.1 cm³/mol. The molecule has 5 heteroatoms. The van der Waals surface area contributed by atoms with Crippen LogP contribution in [0.25, 0.3) is 10.8 Å². The van der Waals surface area contributed by atoms with Crippen molar-refractivity contribution in [2.24, 2.45) is 0 Å². The molecule has 130 valence electrons. The van der Waals surface area contributed by atoms with Crippen LogP contribution in [0.4, 0.5) is 0 Å². The van der Waals surface area contributed by atoms with E-state index in [4.69, 9.17) is 0 Å². The molecule has 1 fully saturated rings. The van der Waals surface area contributed by atoms with Crippen LogP contribution in [0.2, 0.25) is 0 Å². The third-order valence-corrected chi connectivity index (χ3v) is 5.12. The maximum Gasteiger partial charge on any atom is 0.124 e. The van der Waals surface area contributed by atoms with Crippen LogP contribution < -0.4 is 0 Å². The Morgan fingerprint density at radius 2 is 1.96 bits per heavy atom. The van der Waals surface area contributed by atoms with E-state index in [0.717, 1.165) is 13.1 Å². The second kappa shape index (κ2) is 6.24. The van der Waals surface area contributed by atoms with E-state index in [9.17, 15) is 5.11 Å². The fourth-order valence-corrected chi connectivity index (χ4v) is 3.63. The molecular formula is C20H24N4O. The third kappa shape index (κ3) is 3.05. The molecule has 2 heterocycles. The molecule has 0 unspecified atom stereocenters. The summed E-state index contributed by atoms with van der Waals surface area (Å²) in [4.78, 5) is 2.30. The summed E-state index contributed by atoms with van der Waals surface area (Å²) in [5, 5.41) is 22.0. The molecule has 25 heavy (non-hydrogen) atoms. The molecule has 1 saturated heterocycles. The van der Waals surface area contributed by atoms with Crippen molar-refractivity contribution in [1.82, 2.24) is 19.9 Å². The Hall–Kier alpha value is -2.24. The molecule has 0 aliphatic carbocycles. The average molecular weight is 336 g/mol. The summed E-state index contributed by atoms with van der Waals surface area (Å²) < 4.78 is 1.81. The lowest BCUT2D eigenvalue weighted by molar-refractivity contribution is 0.0408. The lowest BCUT2D eigenvalue weighted by Gasteiger charge is -2.21. The van der Waals surface area contributed by atoms with E-state index in [2.05, 4.69) is 71.5 Å². The fraction of sp³-hybridized carbons (Fsp3) is 0.400. The minimum Gasteiger partial charge on any atom is -0.382 e. The van der Waals surface area contributed by atoms with Crippen molar-refractivity contribution in [3.8, 4) is 0 Å². The van der Waals surface area contributed by atoms with Crippen LogP contribution in [-0.2, 0) is 12.1 Å². The summed E-state index contributed by atoms with van der Waals surface area (Å²) in [6.07, 6.45) is 2.57. The van der Waals surface area contributed by atoms with Gasteiger partial charge in [-0.2, -0.15) is 0 Å². The predicted octanol–water partition coefficient (Wildman–Crippen LogP) is 3.11. The molecule has 1 aliphatic rings. The Morgan fingerprint density at radius 1 is 1.16 bits per heavy atom. The maximum atomic E-state index is 11.1. The molecule has 2 aromatic carbocycles. The average Bonchev–Trinajstić information content (AvgIpc) is 3.24. The molecule has 0 saturated carbocycles. The molecule has 3 aromatic rings. The smallest absolute Gasteiger partial charge is 0.124 e. The van der Waals surface area contributed by atoms with Gasteiger partial charge >= 0.3 is 0 Å². The summed E-state index contributed by atoms with van der Waals surface area (Å²) >= 11 is 0. The number of aliphatic hydroxyl groups is 1. The number of hydrogen-bond donors (Lipinski definition) is 1. The Morgan fingerprint density at radius 3 is 2.76 bits per heavy atom. The molecular weight excluding hydrogens is 312 g/mol. The topological polar surface area (TPSA) is 54.2 Å². The van der Waals surface area contributed by atoms with Gasteiger partial charge in [-0.05, 0) is 36.6 Å². The molecule has 1 aromatic heterocycles. The van der Waals surface area contributed by atoms with Crippen LogP contribution in [0.15, 0.2) is 48.7 Å². The monoisotopic (exact) mass is 336 g/mol. The van der Waals surface area contributed by atoms with Gasteiger partial charge in [-0.1, -0.05) is 47.7 Å². The zero-order chi connectivity index (χ0) is 17.4. The van der Waals surface area contributed by atoms with Gasteiger partial charge in [0.05, 0.1) is 6.20 Å². The Kier molecular flexibility index (Phi) is 4.06. The highest BCUT2D eigenvalue weighted by atomic mass is 16.3. The molecule has 0 radical (unpaired) electrons. The molecule has 4 rings (SSSR count). The van der Waals surface area contributed by atoms with E-state index >= 15 is 0 Å². The van der Waals surface area contributed by atoms with Crippen molar-refractivity contribution in [3.05, 3.63) is 59.9 Å². The number of fused-ring (bicyclic) bond motifs is 1. The largest absolute Gasteiger partial charge is 0.382 e. The number of likely N-dealkylation sites (tertiary alicyclic amines) is 1. The Bertz CT molecular complexity index is 883. The highest BCUT2D eigenvalue weighted by Crippen LogP contribution is 2.32. The summed E-state index contributed by atoms with van der Waals surface area (Å²) in [7, 11) is 0. The highest BCUT2D eigenvalue weighted by Gasteiger charge is 2.40. The highest BCUT2D eigenvalue weighted by molar-refractivity contribution is 5.85. The second-order valence-electron chi connectivity index (χ2n) is 7.31. The van der Waals surface area contributed by atoms with Gasteiger partial charge in [0.15, 0.2) is 0 Å². The van der Waals surface area contributed by atoms with Crippen LogP contribution in [0.1, 0.15) is 37.6 Å². The summed E-state index contributed by atoms with van der Waals surface area (Å²) in [6.45, 7) is 6.40. The first-order valence-electron chi connectivity index (χ1n) is 8.89. The molecule has 0 spiro atoms. The zero-order valence-corrected chi connectivity index (χ0v) is 14.8. The number of aromatic nitrogens is 3. The van der Waals surface area contributed by atoms with Gasteiger partial charge in [-0.25, -0.2) is 4.68 Å². The lowest BCUT2D eigenvalue weighted by Crippen LogP contribution is -2.31. The van der Waals surface area contributed by atoms with Crippen LogP contribution >= 0.6 is 0 Å². The van der Waals surface area contributed by atoms with Gasteiger partial charge in [0, 0.05) is 25.7 Å². The van der Waals surface area contributed by atoms with E-state index in [1.807, 2.05) is 6.20 Å². The first-order chi connectivity index (χ1) is 12.0. The van der Waals surface area contributed by atoms with Gasteiger partial charge in [0.25, 0.3) is 0 Å². The minimum atomic E-state index is -0.905. The van der Waals surface area contributed by atoms with Crippen molar-refractivity contribution < 1.29 is 5.11 Å². The maximum absolute atomic E-state index is 11.1. The van der Waals surface area contributed by atoms with Crippen LogP contribution in [0, 0.1) is 0 Å². The molecule has 1 N–H and O–H groups in total. The minimum absolute atomic E-state index is 0.248. The molecule has 0 bridgehead atoms. The van der Waals surface area contributed by atoms with E-state index in [1.54, 1.807) is 4.68 Å². The molecule has 0 amide bonds. The fourth-order valence-electron chi connectivity index (χ4n) is 3.63. The van der Waals surface area contributed by atoms with Crippen molar-refractivity contribution in [2.45, 2.75) is 38.5 Å². The van der Waals surface area contributed by atoms with Gasteiger partial charge in [-0.15, -0.1) is 5.10 Å². The van der Waals surface area contributed by atoms with Crippen LogP contribution in [0.3, 0.4) is 0 Å². The zero-order valence-electron chi connectivity index (χ0n) is 14.8. The quantitative estimate of drug-likeness (QED) is 0.795. The number of nitrogens with zero attached hydrogens (tertiary/aromatic N) is 4. The number of benzene rings is 2. The van der Waals surface area contributed by atoms with E-state index in [-0.39, 0.29) is 6.04 Å². The first-order valence-corrected chi connectivity index (χ1v) is 8.89. The van der Waals surface area contributed by atoms with Crippen molar-refractivity contribution in [3.63, 3.8) is 0 Å². The van der Waals surface area contributed by atoms with Gasteiger partial charge < -0.3 is 5.11 Å². The summed E-state index contributed by atoms with van der Waals surface area (Å²) in [5.41, 5.74) is 1.08. The molecule has 1 aliphatic heterocycles. The number of rotatable bonds is 4. The number of β-amino-alcohol motifs (C(OH)–C–C–N with tert-alkyl or cyclic N) is 1. The summed E-state index contributed by atoms with van der Waals surface area (Å²) in [6, 6.07) is 15.1. The third-order valence-electron chi connectivity index (χ3n) is 5.12. The second-order valence-corrected chi connectivity index (χ2v) is 7.31. The molecule has 5 nitrogen and oxygen atoms in total. The van der Waals surface area contributed by atoms with E-state index in [0.29, 0.717) is 18.7 Å². The van der Waals surface area contributed by atoms with Gasteiger partial charge in [0.2, 0.25) is 0 Å². The molecule has 1 atom stereocenters. The lowest BCUT2D eigenvalue weighted by atomic mass is 10.00. The SMILES string of the molecule is CC(C)n1cc([C@@]2(O)CCN(Cc3cccc4ccccc34)C2)nn1. The van der Waals surface area contributed by atoms with Crippen LogP contribution in [-0.4, -0.2) is 38.1 Å². The van der Waals surface area contributed by atoms with Crippen molar-refractivity contribution in [1.29, 1.82) is 0 Å². The van der Waals surface area contributed by atoms with E-state index < -0.39 is 5.60 Å². The van der Waals surface area contributed by atoms with Crippen LogP contribution in [0.5, 0.6) is 0 Å². The Balaban J connectivity index is 1.53. The Labute approximate surface area is 147 Å². The summed E-state index contributed by atoms with van der Waals surface area (Å²) in [5.74, 6) is 0. The van der Waals surface area contributed by atoms with Gasteiger partial charge in [-0.3, -0.25) is 4.90 Å². The van der Waals surface area contributed by atoms with E-state index in [1.165, 1.54) is 16.3 Å². The normalized spacial score (nSPS) is 21.4. The standard InChI is InChI=1S/C20H24N4O/c1-15(2)24-13-19(21-22-24)20(25)10-11-23(14-20)12-17-8-5-7-16-6-3-4-9-18(16)17/h3-9,13,15,25H,10-12,14H2,1-2H3/t20-/m1/s1. The van der Waals surface area contributed by atoms with Crippen molar-refractivity contribution in [2.75, 3.05) is 13.1 Å². The number of hydrogen-bond acceptors (Lipinski definition) is 4. The van der Waals surface area contributed by atoms with Gasteiger partial charge in [0.1, 0.15) is 11.3 Å². The first kappa shape index (κ1) is 16.2.